The van der Waals surface area contributed by atoms with Crippen LogP contribution in [-0.4, -0.2) is 23.5 Å². The number of carbonyl (C=O) groups is 1. The zero-order chi connectivity index (χ0) is 13.0. The topological polar surface area (TPSA) is 49.3 Å². The van der Waals surface area contributed by atoms with E-state index in [-0.39, 0.29) is 11.9 Å². The Hall–Kier alpha value is -1.35. The molecule has 0 spiro atoms. The lowest BCUT2D eigenvalue weighted by molar-refractivity contribution is 0.101. The van der Waals surface area contributed by atoms with Crippen LogP contribution in [0.25, 0.3) is 0 Å². The Morgan fingerprint density at radius 2 is 2.06 bits per heavy atom. The van der Waals surface area contributed by atoms with Gasteiger partial charge in [0.05, 0.1) is 6.10 Å². The van der Waals surface area contributed by atoms with Gasteiger partial charge in [-0.1, -0.05) is 6.42 Å². The van der Waals surface area contributed by atoms with E-state index in [1.54, 1.807) is 6.92 Å². The highest BCUT2D eigenvalue weighted by atomic mass is 16.3. The lowest BCUT2D eigenvalue weighted by Crippen LogP contribution is -2.24. The summed E-state index contributed by atoms with van der Waals surface area (Å²) in [5.41, 5.74) is 1.79. The van der Waals surface area contributed by atoms with E-state index in [4.69, 9.17) is 0 Å². The van der Waals surface area contributed by atoms with Crippen LogP contribution in [0.4, 0.5) is 5.69 Å². The van der Waals surface area contributed by atoms with Gasteiger partial charge in [-0.15, -0.1) is 0 Å². The lowest BCUT2D eigenvalue weighted by Gasteiger charge is -2.26. The third kappa shape index (κ3) is 3.57. The molecule has 0 amide bonds. The number of ketones is 1. The lowest BCUT2D eigenvalue weighted by atomic mass is 9.87. The zero-order valence-electron chi connectivity index (χ0n) is 10.9. The molecule has 1 aliphatic rings. The van der Waals surface area contributed by atoms with E-state index in [1.165, 1.54) is 6.42 Å². The SMILES string of the molecule is CC(=O)c1ccc(NCC2CCCC(O)C2)cc1. The van der Waals surface area contributed by atoms with E-state index in [0.717, 1.165) is 37.1 Å². The Kier molecular flexibility index (Phi) is 4.37. The van der Waals surface area contributed by atoms with Crippen molar-refractivity contribution < 1.29 is 9.90 Å². The minimum Gasteiger partial charge on any atom is -0.393 e. The van der Waals surface area contributed by atoms with E-state index in [2.05, 4.69) is 5.32 Å². The standard InChI is InChI=1S/C15H21NO2/c1-11(17)13-5-7-14(8-6-13)16-10-12-3-2-4-15(18)9-12/h5-8,12,15-16,18H,2-4,9-10H2,1H3. The maximum atomic E-state index is 11.1. The Labute approximate surface area is 108 Å². The second kappa shape index (κ2) is 6.01. The number of hydrogen-bond donors (Lipinski definition) is 2. The molecule has 1 aromatic rings. The van der Waals surface area contributed by atoms with Crippen molar-refractivity contribution in [1.82, 2.24) is 0 Å². The van der Waals surface area contributed by atoms with E-state index < -0.39 is 0 Å². The molecule has 0 aromatic heterocycles. The van der Waals surface area contributed by atoms with Crippen molar-refractivity contribution in [3.63, 3.8) is 0 Å². The Bertz CT molecular complexity index is 399. The molecule has 2 atom stereocenters. The molecule has 0 heterocycles. The van der Waals surface area contributed by atoms with Gasteiger partial charge in [0.2, 0.25) is 0 Å². The van der Waals surface area contributed by atoms with Crippen LogP contribution in [0.1, 0.15) is 43.0 Å². The summed E-state index contributed by atoms with van der Waals surface area (Å²) in [5.74, 6) is 0.651. The average molecular weight is 247 g/mol. The van der Waals surface area contributed by atoms with Crippen LogP contribution >= 0.6 is 0 Å². The molecule has 2 N–H and O–H groups in total. The first kappa shape index (κ1) is 13.1. The summed E-state index contributed by atoms with van der Waals surface area (Å²) in [4.78, 5) is 11.1. The third-order valence-electron chi connectivity index (χ3n) is 3.64. The molecule has 3 heteroatoms. The van der Waals surface area contributed by atoms with E-state index in [9.17, 15) is 9.90 Å². The summed E-state index contributed by atoms with van der Waals surface area (Å²) < 4.78 is 0. The molecular formula is C15H21NO2. The highest BCUT2D eigenvalue weighted by Crippen LogP contribution is 2.24. The van der Waals surface area contributed by atoms with Crippen molar-refractivity contribution in [3.05, 3.63) is 29.8 Å². The monoisotopic (exact) mass is 247 g/mol. The van der Waals surface area contributed by atoms with Crippen molar-refractivity contribution in [2.45, 2.75) is 38.7 Å². The van der Waals surface area contributed by atoms with E-state index in [0.29, 0.717) is 5.92 Å². The van der Waals surface area contributed by atoms with Crippen molar-refractivity contribution in [1.29, 1.82) is 0 Å². The van der Waals surface area contributed by atoms with Gasteiger partial charge in [-0.3, -0.25) is 4.79 Å². The number of aliphatic hydroxyl groups is 1. The highest BCUT2D eigenvalue weighted by Gasteiger charge is 2.19. The third-order valence-corrected chi connectivity index (χ3v) is 3.64. The van der Waals surface area contributed by atoms with Crippen LogP contribution in [0.5, 0.6) is 0 Å². The molecule has 2 rings (SSSR count). The number of rotatable bonds is 4. The molecule has 0 saturated heterocycles. The smallest absolute Gasteiger partial charge is 0.159 e. The normalized spacial score (nSPS) is 23.7. The fraction of sp³-hybridized carbons (Fsp3) is 0.533. The van der Waals surface area contributed by atoms with Crippen LogP contribution in [-0.2, 0) is 0 Å². The summed E-state index contributed by atoms with van der Waals surface area (Å²) in [6.07, 6.45) is 4.04. The molecule has 2 unspecified atom stereocenters. The van der Waals surface area contributed by atoms with Gasteiger partial charge in [0.15, 0.2) is 5.78 Å². The van der Waals surface area contributed by atoms with Crippen LogP contribution in [0.3, 0.4) is 0 Å². The minimum absolute atomic E-state index is 0.0944. The molecule has 1 saturated carbocycles. The molecule has 0 aliphatic heterocycles. The van der Waals surface area contributed by atoms with Crippen molar-refractivity contribution in [3.8, 4) is 0 Å². The van der Waals surface area contributed by atoms with Gasteiger partial charge in [0, 0.05) is 17.8 Å². The highest BCUT2D eigenvalue weighted by molar-refractivity contribution is 5.94. The second-order valence-corrected chi connectivity index (χ2v) is 5.20. The Balaban J connectivity index is 1.84. The molecule has 1 fully saturated rings. The average Bonchev–Trinajstić information content (AvgIpc) is 2.37. The summed E-state index contributed by atoms with van der Waals surface area (Å²) in [6.45, 7) is 2.47. The van der Waals surface area contributed by atoms with Crippen LogP contribution < -0.4 is 5.32 Å². The predicted octanol–water partition coefficient (Wildman–Crippen LogP) is 2.85. The number of carbonyl (C=O) groups excluding carboxylic acids is 1. The van der Waals surface area contributed by atoms with Crippen molar-refractivity contribution in [2.24, 2.45) is 5.92 Å². The maximum absolute atomic E-state index is 11.1. The second-order valence-electron chi connectivity index (χ2n) is 5.20. The molecule has 0 bridgehead atoms. The minimum atomic E-state index is -0.120. The van der Waals surface area contributed by atoms with Gasteiger partial charge in [0.25, 0.3) is 0 Å². The molecule has 3 nitrogen and oxygen atoms in total. The molecule has 0 radical (unpaired) electrons. The molecule has 1 aliphatic carbocycles. The first-order valence-corrected chi connectivity index (χ1v) is 6.68. The fourth-order valence-electron chi connectivity index (χ4n) is 2.53. The zero-order valence-corrected chi connectivity index (χ0v) is 10.9. The number of anilines is 1. The first-order chi connectivity index (χ1) is 8.65. The van der Waals surface area contributed by atoms with Gasteiger partial charge in [-0.25, -0.2) is 0 Å². The van der Waals surface area contributed by atoms with Gasteiger partial charge in [-0.05, 0) is 56.4 Å². The maximum Gasteiger partial charge on any atom is 0.159 e. The van der Waals surface area contributed by atoms with Gasteiger partial charge in [0.1, 0.15) is 0 Å². The number of nitrogens with one attached hydrogen (secondary N) is 1. The quantitative estimate of drug-likeness (QED) is 0.804. The van der Waals surface area contributed by atoms with Gasteiger partial charge in [-0.2, -0.15) is 0 Å². The number of Topliss-reactive ketones (excluding diaryl/α,β-unsaturated/α-hetero) is 1. The van der Waals surface area contributed by atoms with Crippen LogP contribution in [0.15, 0.2) is 24.3 Å². The summed E-state index contributed by atoms with van der Waals surface area (Å²) in [6, 6.07) is 7.58. The van der Waals surface area contributed by atoms with Crippen LogP contribution in [0.2, 0.25) is 0 Å². The van der Waals surface area contributed by atoms with E-state index >= 15 is 0 Å². The Morgan fingerprint density at radius 3 is 2.67 bits per heavy atom. The molecular weight excluding hydrogens is 226 g/mol. The summed E-state index contributed by atoms with van der Waals surface area (Å²) in [5, 5.41) is 13.0. The summed E-state index contributed by atoms with van der Waals surface area (Å²) in [7, 11) is 0. The number of hydrogen-bond acceptors (Lipinski definition) is 3. The van der Waals surface area contributed by atoms with Crippen LogP contribution in [0, 0.1) is 5.92 Å². The molecule has 18 heavy (non-hydrogen) atoms. The largest absolute Gasteiger partial charge is 0.393 e. The van der Waals surface area contributed by atoms with Gasteiger partial charge >= 0.3 is 0 Å². The number of aliphatic hydroxyl groups excluding tert-OH is 1. The van der Waals surface area contributed by atoms with Crippen molar-refractivity contribution >= 4 is 11.5 Å². The van der Waals surface area contributed by atoms with Gasteiger partial charge < -0.3 is 10.4 Å². The van der Waals surface area contributed by atoms with E-state index in [1.807, 2.05) is 24.3 Å². The van der Waals surface area contributed by atoms with Crippen molar-refractivity contribution in [2.75, 3.05) is 11.9 Å². The molecule has 1 aromatic carbocycles. The Morgan fingerprint density at radius 1 is 1.33 bits per heavy atom. The summed E-state index contributed by atoms with van der Waals surface area (Å²) >= 11 is 0. The fourth-order valence-corrected chi connectivity index (χ4v) is 2.53. The molecule has 98 valence electrons. The first-order valence-electron chi connectivity index (χ1n) is 6.68. The predicted molar refractivity (Wildman–Crippen MR) is 72.9 cm³/mol. The number of benzene rings is 1.